The van der Waals surface area contributed by atoms with E-state index in [9.17, 15) is 19.2 Å². The molecule has 1 N–H and O–H groups in total. The summed E-state index contributed by atoms with van der Waals surface area (Å²) in [6, 6.07) is 15.1. The van der Waals surface area contributed by atoms with Crippen molar-refractivity contribution in [1.82, 2.24) is 9.55 Å². The number of carbonyl (C=O) groups excluding carboxylic acids is 3. The number of nitrogens with one attached hydrogen (secondary N) is 1. The maximum absolute atomic E-state index is 13.2. The van der Waals surface area contributed by atoms with E-state index in [1.54, 1.807) is 48.5 Å². The summed E-state index contributed by atoms with van der Waals surface area (Å²) in [7, 11) is 1.50. The summed E-state index contributed by atoms with van der Waals surface area (Å²) in [5, 5.41) is 2.46. The van der Waals surface area contributed by atoms with Crippen LogP contribution < -0.4 is 11.0 Å². The van der Waals surface area contributed by atoms with Gasteiger partial charge < -0.3 is 29.0 Å². The third-order valence-corrected chi connectivity index (χ3v) is 6.49. The van der Waals surface area contributed by atoms with Crippen molar-refractivity contribution in [1.29, 1.82) is 0 Å². The van der Waals surface area contributed by atoms with Gasteiger partial charge in [-0.15, -0.1) is 0 Å². The molecule has 0 bridgehead atoms. The highest BCUT2D eigenvalue weighted by Crippen LogP contribution is 2.34. The normalized spacial score (nSPS) is 19.7. The molecular weight excluding hydrogens is 546 g/mol. The zero-order chi connectivity index (χ0) is 30.2. The van der Waals surface area contributed by atoms with Crippen molar-refractivity contribution in [3.8, 4) is 0 Å². The Morgan fingerprint density at radius 1 is 0.905 bits per heavy atom. The van der Waals surface area contributed by atoms with Gasteiger partial charge in [0.2, 0.25) is 5.91 Å². The van der Waals surface area contributed by atoms with Crippen LogP contribution in [0.4, 0.5) is 5.82 Å². The number of nitrogens with zero attached hydrogens (tertiary/aromatic N) is 2. The lowest BCUT2D eigenvalue weighted by Gasteiger charge is -2.25. The summed E-state index contributed by atoms with van der Waals surface area (Å²) in [6.45, 7) is 5.09. The fraction of sp³-hybridized carbons (Fsp3) is 0.367. The minimum absolute atomic E-state index is 0.0597. The number of anilines is 1. The molecule has 0 aliphatic carbocycles. The molecule has 1 aliphatic heterocycles. The van der Waals surface area contributed by atoms with Crippen molar-refractivity contribution in [2.24, 2.45) is 0 Å². The van der Waals surface area contributed by atoms with Gasteiger partial charge in [-0.2, -0.15) is 4.98 Å². The van der Waals surface area contributed by atoms with Crippen LogP contribution in [0.15, 0.2) is 65.6 Å². The first-order valence-electron chi connectivity index (χ1n) is 13.3. The van der Waals surface area contributed by atoms with Crippen LogP contribution in [0, 0.1) is 13.8 Å². The third kappa shape index (κ3) is 7.66. The van der Waals surface area contributed by atoms with Crippen molar-refractivity contribution in [3.63, 3.8) is 0 Å². The van der Waals surface area contributed by atoms with Crippen LogP contribution in [-0.2, 0) is 28.5 Å². The van der Waals surface area contributed by atoms with E-state index < -0.39 is 48.1 Å². The Bertz CT molecular complexity index is 1450. The summed E-state index contributed by atoms with van der Waals surface area (Å²) in [6.07, 6.45) is -2.84. The number of amides is 1. The Morgan fingerprint density at radius 2 is 1.52 bits per heavy atom. The Labute approximate surface area is 242 Å². The lowest BCUT2D eigenvalue weighted by Crippen LogP contribution is -2.42. The number of hydrogen-bond acceptors (Lipinski definition) is 10. The molecule has 1 aromatic heterocycles. The first-order valence-corrected chi connectivity index (χ1v) is 13.3. The fourth-order valence-electron chi connectivity index (χ4n) is 4.32. The molecule has 1 amide bonds. The number of hydrogen-bond donors (Lipinski definition) is 1. The van der Waals surface area contributed by atoms with Crippen molar-refractivity contribution in [2.75, 3.05) is 32.2 Å². The molecule has 0 unspecified atom stereocenters. The second-order valence-corrected chi connectivity index (χ2v) is 9.78. The molecule has 1 fully saturated rings. The molecule has 222 valence electrons. The number of methoxy groups -OCH3 is 1. The molecule has 0 radical (unpaired) electrons. The molecule has 2 heterocycles. The molecule has 1 aliphatic rings. The Kier molecular flexibility index (Phi) is 10.2. The zero-order valence-corrected chi connectivity index (χ0v) is 23.8. The number of aromatic nitrogens is 2. The molecule has 12 heteroatoms. The topological polar surface area (TPSA) is 144 Å². The van der Waals surface area contributed by atoms with Gasteiger partial charge in [-0.05, 0) is 44.2 Å². The van der Waals surface area contributed by atoms with E-state index >= 15 is 0 Å². The van der Waals surface area contributed by atoms with Crippen LogP contribution in [0.1, 0.15) is 45.0 Å². The smallest absolute Gasteiger partial charge is 0.351 e. The van der Waals surface area contributed by atoms with E-state index in [1.807, 2.05) is 13.8 Å². The van der Waals surface area contributed by atoms with Crippen LogP contribution in [0.5, 0.6) is 0 Å². The number of benzene rings is 2. The molecular formula is C30H33N3O9. The van der Waals surface area contributed by atoms with Gasteiger partial charge in [-0.1, -0.05) is 35.4 Å². The van der Waals surface area contributed by atoms with Gasteiger partial charge >= 0.3 is 17.6 Å². The van der Waals surface area contributed by atoms with Crippen molar-refractivity contribution in [3.05, 3.63) is 93.5 Å². The molecule has 12 nitrogen and oxygen atoms in total. The molecule has 42 heavy (non-hydrogen) atoms. The summed E-state index contributed by atoms with van der Waals surface area (Å²) < 4.78 is 30.0. The van der Waals surface area contributed by atoms with E-state index in [-0.39, 0.29) is 25.6 Å². The monoisotopic (exact) mass is 579 g/mol. The van der Waals surface area contributed by atoms with E-state index in [4.69, 9.17) is 23.7 Å². The maximum Gasteiger partial charge on any atom is 0.351 e. The van der Waals surface area contributed by atoms with E-state index in [1.165, 1.54) is 26.3 Å². The summed E-state index contributed by atoms with van der Waals surface area (Å²) >= 11 is 0. The predicted molar refractivity (Wildman–Crippen MR) is 150 cm³/mol. The Hall–Kier alpha value is -4.39. The van der Waals surface area contributed by atoms with Crippen molar-refractivity contribution in [2.45, 2.75) is 45.3 Å². The van der Waals surface area contributed by atoms with Crippen molar-refractivity contribution >= 4 is 23.7 Å². The lowest BCUT2D eigenvalue weighted by atomic mass is 10.1. The quantitative estimate of drug-likeness (QED) is 0.266. The number of ether oxygens (including phenoxy) is 5. The second kappa shape index (κ2) is 14.0. The predicted octanol–water partition coefficient (Wildman–Crippen LogP) is 2.83. The standard InChI is InChI=1S/C30H33N3O9/c1-18-5-9-21(10-6-18)28(35)40-17-23-25(42-29(36)22-11-7-19(2)8-12-22)26(39-16-15-38-4)27(41-23)33-14-13-24(31-20(3)34)32-30(33)37/h5-14,23,25-27H,15-17H2,1-4H3,(H,31,32,34,37)/t23-,25-,26-,27-/m1/s1. The molecule has 1 saturated heterocycles. The first-order chi connectivity index (χ1) is 20.2. The highest BCUT2D eigenvalue weighted by atomic mass is 16.6. The highest BCUT2D eigenvalue weighted by Gasteiger charge is 2.50. The summed E-state index contributed by atoms with van der Waals surface area (Å²) in [5.74, 6) is -1.58. The average Bonchev–Trinajstić information content (AvgIpc) is 3.28. The van der Waals surface area contributed by atoms with Crippen LogP contribution in [0.2, 0.25) is 0 Å². The van der Waals surface area contributed by atoms with Gasteiger partial charge in [-0.3, -0.25) is 9.36 Å². The highest BCUT2D eigenvalue weighted by molar-refractivity contribution is 5.90. The van der Waals surface area contributed by atoms with Gasteiger partial charge in [0.05, 0.1) is 24.3 Å². The number of rotatable bonds is 11. The number of esters is 2. The van der Waals surface area contributed by atoms with Crippen LogP contribution >= 0.6 is 0 Å². The van der Waals surface area contributed by atoms with Crippen LogP contribution in [0.3, 0.4) is 0 Å². The summed E-state index contributed by atoms with van der Waals surface area (Å²) in [4.78, 5) is 54.3. The van der Waals surface area contributed by atoms with Crippen molar-refractivity contribution < 1.29 is 38.1 Å². The van der Waals surface area contributed by atoms with E-state index in [2.05, 4.69) is 10.3 Å². The molecule has 4 atom stereocenters. The molecule has 3 aromatic rings. The number of carbonyl (C=O) groups is 3. The van der Waals surface area contributed by atoms with Gasteiger partial charge in [0.25, 0.3) is 0 Å². The second-order valence-electron chi connectivity index (χ2n) is 9.78. The third-order valence-electron chi connectivity index (χ3n) is 6.49. The maximum atomic E-state index is 13.2. The van der Waals surface area contributed by atoms with E-state index in [0.717, 1.165) is 15.7 Å². The average molecular weight is 580 g/mol. The fourth-order valence-corrected chi connectivity index (χ4v) is 4.32. The number of aryl methyl sites for hydroxylation is 2. The molecule has 2 aromatic carbocycles. The molecule has 0 spiro atoms. The minimum Gasteiger partial charge on any atom is -0.459 e. The largest absolute Gasteiger partial charge is 0.459 e. The Balaban J connectivity index is 1.64. The van der Waals surface area contributed by atoms with E-state index in [0.29, 0.717) is 11.1 Å². The summed E-state index contributed by atoms with van der Waals surface area (Å²) in [5.41, 5.74) is 1.84. The lowest BCUT2D eigenvalue weighted by molar-refractivity contribution is -0.114. The molecule has 4 rings (SSSR count). The minimum atomic E-state index is -1.12. The van der Waals surface area contributed by atoms with Gasteiger partial charge in [-0.25, -0.2) is 14.4 Å². The molecule has 0 saturated carbocycles. The van der Waals surface area contributed by atoms with Gasteiger partial charge in [0, 0.05) is 20.2 Å². The Morgan fingerprint density at radius 3 is 2.10 bits per heavy atom. The zero-order valence-electron chi connectivity index (χ0n) is 23.8. The van der Waals surface area contributed by atoms with Gasteiger partial charge in [0.1, 0.15) is 24.6 Å². The van der Waals surface area contributed by atoms with Crippen LogP contribution in [-0.4, -0.2) is 72.6 Å². The SMILES string of the molecule is COCCO[C@@H]1[C@H](OC(=O)c2ccc(C)cc2)[C@@H](COC(=O)c2ccc(C)cc2)O[C@H]1n1ccc(NC(C)=O)nc1=O. The van der Waals surface area contributed by atoms with Crippen LogP contribution in [0.25, 0.3) is 0 Å². The van der Waals surface area contributed by atoms with Gasteiger partial charge in [0.15, 0.2) is 12.3 Å². The first kappa shape index (κ1) is 30.6.